The maximum absolute atomic E-state index is 12.9. The molecule has 1 rings (SSSR count). The van der Waals surface area contributed by atoms with E-state index in [1.165, 1.54) is 19.2 Å². The average molecular weight is 354 g/mol. The number of alkyl halides is 3. The molecule has 0 heterocycles. The van der Waals surface area contributed by atoms with Gasteiger partial charge in [0.25, 0.3) is 0 Å². The van der Waals surface area contributed by atoms with E-state index in [0.29, 0.717) is 17.6 Å². The number of aliphatic imine (C=N–C) groups is 1. The molecule has 0 fully saturated rings. The molecule has 0 aliphatic carbocycles. The first-order valence-electron chi connectivity index (χ1n) is 5.73. The molecule has 0 amide bonds. The van der Waals surface area contributed by atoms with Gasteiger partial charge in [-0.05, 0) is 17.7 Å². The molecular formula is C12H15BrF3N3O. The number of methoxy groups -OCH3 is 1. The number of nitrogens with two attached hydrogens (primary N) is 1. The van der Waals surface area contributed by atoms with Gasteiger partial charge in [0.2, 0.25) is 0 Å². The summed E-state index contributed by atoms with van der Waals surface area (Å²) in [6.45, 7) is 0.731. The minimum atomic E-state index is -4.42. The van der Waals surface area contributed by atoms with Crippen molar-refractivity contribution in [2.24, 2.45) is 10.7 Å². The van der Waals surface area contributed by atoms with Crippen LogP contribution >= 0.6 is 15.9 Å². The fraction of sp³-hybridized carbons (Fsp3) is 0.417. The van der Waals surface area contributed by atoms with Gasteiger partial charge >= 0.3 is 6.18 Å². The van der Waals surface area contributed by atoms with E-state index >= 15 is 0 Å². The Morgan fingerprint density at radius 1 is 1.45 bits per heavy atom. The van der Waals surface area contributed by atoms with Crippen LogP contribution in [0.4, 0.5) is 13.2 Å². The maximum Gasteiger partial charge on any atom is 0.416 e. The Hall–Kier alpha value is -1.28. The molecule has 4 nitrogen and oxygen atoms in total. The van der Waals surface area contributed by atoms with Crippen molar-refractivity contribution >= 4 is 21.9 Å². The lowest BCUT2D eigenvalue weighted by atomic mass is 10.1. The maximum atomic E-state index is 12.9. The molecule has 1 aromatic rings. The molecule has 3 N–H and O–H groups in total. The summed E-state index contributed by atoms with van der Waals surface area (Å²) in [4.78, 5) is 3.88. The van der Waals surface area contributed by atoms with E-state index < -0.39 is 11.7 Å². The van der Waals surface area contributed by atoms with Crippen LogP contribution in [0.15, 0.2) is 27.7 Å². The zero-order valence-electron chi connectivity index (χ0n) is 10.8. The van der Waals surface area contributed by atoms with Crippen molar-refractivity contribution in [3.63, 3.8) is 0 Å². The van der Waals surface area contributed by atoms with Gasteiger partial charge in [0.15, 0.2) is 5.96 Å². The summed E-state index contributed by atoms with van der Waals surface area (Å²) in [5, 5.41) is 2.74. The molecule has 0 aliphatic rings. The van der Waals surface area contributed by atoms with E-state index in [1.807, 2.05) is 0 Å². The van der Waals surface area contributed by atoms with Gasteiger partial charge < -0.3 is 15.8 Å². The number of nitrogens with one attached hydrogen (secondary N) is 1. The van der Waals surface area contributed by atoms with E-state index in [4.69, 9.17) is 10.5 Å². The van der Waals surface area contributed by atoms with Crippen LogP contribution in [0.5, 0.6) is 0 Å². The molecule has 0 unspecified atom stereocenters. The largest absolute Gasteiger partial charge is 0.416 e. The van der Waals surface area contributed by atoms with Gasteiger partial charge in [-0.1, -0.05) is 22.0 Å². The highest BCUT2D eigenvalue weighted by molar-refractivity contribution is 9.10. The van der Waals surface area contributed by atoms with Crippen molar-refractivity contribution in [2.45, 2.75) is 12.7 Å². The Labute approximate surface area is 123 Å². The highest BCUT2D eigenvalue weighted by Gasteiger charge is 2.33. The van der Waals surface area contributed by atoms with Gasteiger partial charge in [-0.25, -0.2) is 4.99 Å². The SMILES string of the molecule is COCCNC(N)=NCc1ccc(Br)cc1C(F)(F)F. The van der Waals surface area contributed by atoms with E-state index in [9.17, 15) is 13.2 Å². The first kappa shape index (κ1) is 16.8. The van der Waals surface area contributed by atoms with Gasteiger partial charge in [0.1, 0.15) is 0 Å². The van der Waals surface area contributed by atoms with Crippen LogP contribution in [0.1, 0.15) is 11.1 Å². The molecule has 0 saturated carbocycles. The summed E-state index contributed by atoms with van der Waals surface area (Å²) in [5.74, 6) is 0.0816. The Morgan fingerprint density at radius 3 is 2.75 bits per heavy atom. The van der Waals surface area contributed by atoms with Crippen LogP contribution in [-0.4, -0.2) is 26.2 Å². The van der Waals surface area contributed by atoms with Gasteiger partial charge in [-0.15, -0.1) is 0 Å². The summed E-state index contributed by atoms with van der Waals surface area (Å²) < 4.78 is 43.8. The van der Waals surface area contributed by atoms with Crippen molar-refractivity contribution < 1.29 is 17.9 Å². The number of hydrogen-bond acceptors (Lipinski definition) is 2. The summed E-state index contributed by atoms with van der Waals surface area (Å²) in [6.07, 6.45) is -4.42. The molecule has 0 atom stereocenters. The van der Waals surface area contributed by atoms with Crippen molar-refractivity contribution in [3.05, 3.63) is 33.8 Å². The molecule has 0 saturated heterocycles. The summed E-state index contributed by atoms with van der Waals surface area (Å²) in [7, 11) is 1.53. The summed E-state index contributed by atoms with van der Waals surface area (Å²) in [5.41, 5.74) is 4.89. The van der Waals surface area contributed by atoms with Crippen molar-refractivity contribution in [1.29, 1.82) is 0 Å². The quantitative estimate of drug-likeness (QED) is 0.485. The Morgan fingerprint density at radius 2 is 2.15 bits per heavy atom. The molecule has 112 valence electrons. The molecule has 20 heavy (non-hydrogen) atoms. The minimum absolute atomic E-state index is 0.0668. The normalized spacial score (nSPS) is 12.6. The zero-order valence-corrected chi connectivity index (χ0v) is 12.4. The number of benzene rings is 1. The Balaban J connectivity index is 2.80. The second kappa shape index (κ2) is 7.49. The number of rotatable bonds is 5. The fourth-order valence-electron chi connectivity index (χ4n) is 1.46. The molecule has 0 aromatic heterocycles. The number of hydrogen-bond donors (Lipinski definition) is 2. The third-order valence-electron chi connectivity index (χ3n) is 2.41. The third kappa shape index (κ3) is 5.38. The Kier molecular flexibility index (Phi) is 6.28. The molecule has 1 aromatic carbocycles. The first-order chi connectivity index (χ1) is 9.34. The monoisotopic (exact) mass is 353 g/mol. The molecule has 8 heteroatoms. The topological polar surface area (TPSA) is 59.6 Å². The van der Waals surface area contributed by atoms with Gasteiger partial charge in [0, 0.05) is 18.1 Å². The summed E-state index contributed by atoms with van der Waals surface area (Å²) >= 11 is 3.02. The molecule has 0 radical (unpaired) electrons. The molecule has 0 bridgehead atoms. The Bertz CT molecular complexity index is 478. The number of guanidine groups is 1. The van der Waals surface area contributed by atoms with Crippen LogP contribution in [0.3, 0.4) is 0 Å². The van der Waals surface area contributed by atoms with Crippen molar-refractivity contribution in [3.8, 4) is 0 Å². The minimum Gasteiger partial charge on any atom is -0.383 e. The highest BCUT2D eigenvalue weighted by atomic mass is 79.9. The van der Waals surface area contributed by atoms with Crippen LogP contribution in [-0.2, 0) is 17.5 Å². The molecule has 0 aliphatic heterocycles. The molecular weight excluding hydrogens is 339 g/mol. The van der Waals surface area contributed by atoms with E-state index in [2.05, 4.69) is 26.2 Å². The lowest BCUT2D eigenvalue weighted by Crippen LogP contribution is -2.34. The van der Waals surface area contributed by atoms with E-state index in [-0.39, 0.29) is 18.1 Å². The number of ether oxygens (including phenoxy) is 1. The van der Waals surface area contributed by atoms with Crippen LogP contribution in [0.25, 0.3) is 0 Å². The van der Waals surface area contributed by atoms with Crippen molar-refractivity contribution in [1.82, 2.24) is 5.32 Å². The lowest BCUT2D eigenvalue weighted by Gasteiger charge is -2.12. The second-order valence-corrected chi connectivity index (χ2v) is 4.84. The number of nitrogens with zero attached hydrogens (tertiary/aromatic N) is 1. The van der Waals surface area contributed by atoms with Crippen LogP contribution in [0, 0.1) is 0 Å². The second-order valence-electron chi connectivity index (χ2n) is 3.92. The van der Waals surface area contributed by atoms with Gasteiger partial charge in [-0.3, -0.25) is 0 Å². The van der Waals surface area contributed by atoms with Crippen LogP contribution < -0.4 is 11.1 Å². The molecule has 0 spiro atoms. The predicted octanol–water partition coefficient (Wildman–Crippen LogP) is 2.52. The smallest absolute Gasteiger partial charge is 0.383 e. The van der Waals surface area contributed by atoms with Crippen molar-refractivity contribution in [2.75, 3.05) is 20.3 Å². The summed E-state index contributed by atoms with van der Waals surface area (Å²) in [6, 6.07) is 3.94. The zero-order chi connectivity index (χ0) is 15.2. The number of halogens is 4. The van der Waals surface area contributed by atoms with Gasteiger partial charge in [0.05, 0.1) is 18.7 Å². The highest BCUT2D eigenvalue weighted by Crippen LogP contribution is 2.34. The van der Waals surface area contributed by atoms with E-state index in [1.54, 1.807) is 0 Å². The first-order valence-corrected chi connectivity index (χ1v) is 6.52. The standard InChI is InChI=1S/C12H15BrF3N3O/c1-20-5-4-18-11(17)19-7-8-2-3-9(13)6-10(8)12(14,15)16/h2-3,6H,4-5,7H2,1H3,(H3,17,18,19). The van der Waals surface area contributed by atoms with E-state index in [0.717, 1.165) is 6.07 Å². The van der Waals surface area contributed by atoms with Crippen LogP contribution in [0.2, 0.25) is 0 Å². The fourth-order valence-corrected chi connectivity index (χ4v) is 1.82. The van der Waals surface area contributed by atoms with Gasteiger partial charge in [-0.2, -0.15) is 13.2 Å². The average Bonchev–Trinajstić information content (AvgIpc) is 2.36. The third-order valence-corrected chi connectivity index (χ3v) is 2.90. The predicted molar refractivity (Wildman–Crippen MR) is 74.3 cm³/mol. The lowest BCUT2D eigenvalue weighted by molar-refractivity contribution is -0.138.